The zero-order valence-electron chi connectivity index (χ0n) is 13.1. The Morgan fingerprint density at radius 3 is 1.32 bits per heavy atom. The first-order chi connectivity index (χ1) is 10.9. The van der Waals surface area contributed by atoms with Crippen LogP contribution in [-0.2, 0) is 28.5 Å². The Morgan fingerprint density at radius 1 is 0.591 bits per heavy atom. The van der Waals surface area contributed by atoms with Gasteiger partial charge in [-0.15, -0.1) is 0 Å². The van der Waals surface area contributed by atoms with Crippen LogP contribution in [0.4, 0.5) is 0 Å². The lowest BCUT2D eigenvalue weighted by Crippen LogP contribution is -2.27. The molecule has 0 atom stereocenters. The Kier molecular flexibility index (Phi) is 12.9. The normalized spacial score (nSPS) is 22.1. The van der Waals surface area contributed by atoms with Gasteiger partial charge in [0.1, 0.15) is 6.29 Å². The second-order valence-electron chi connectivity index (χ2n) is 4.58. The van der Waals surface area contributed by atoms with Crippen LogP contribution in [0.25, 0.3) is 0 Å². The first-order valence-corrected chi connectivity index (χ1v) is 7.68. The lowest BCUT2D eigenvalue weighted by molar-refractivity contribution is -0.104. The Balaban J connectivity index is 2.26. The van der Waals surface area contributed by atoms with Crippen LogP contribution in [-0.4, -0.2) is 90.3 Å². The summed E-state index contributed by atoms with van der Waals surface area (Å²) in [5.41, 5.74) is 0. The van der Waals surface area contributed by atoms with E-state index in [2.05, 4.69) is 0 Å². The van der Waals surface area contributed by atoms with Gasteiger partial charge in [-0.05, 0) is 6.08 Å². The van der Waals surface area contributed by atoms with Gasteiger partial charge in [0.25, 0.3) is 0 Å². The number of ether oxygens (including phenoxy) is 5. The maximum absolute atomic E-state index is 10.4. The van der Waals surface area contributed by atoms with Gasteiger partial charge >= 0.3 is 0 Å². The molecule has 0 aromatic carbocycles. The molecular formula is C15H27NO6. The van der Waals surface area contributed by atoms with E-state index in [1.54, 1.807) is 6.20 Å². The van der Waals surface area contributed by atoms with Crippen molar-refractivity contribution in [3.05, 3.63) is 12.3 Å². The Morgan fingerprint density at radius 2 is 0.955 bits per heavy atom. The third kappa shape index (κ3) is 11.6. The van der Waals surface area contributed by atoms with Crippen LogP contribution >= 0.6 is 0 Å². The van der Waals surface area contributed by atoms with E-state index in [-0.39, 0.29) is 0 Å². The van der Waals surface area contributed by atoms with Gasteiger partial charge < -0.3 is 28.6 Å². The number of allylic oxidation sites excluding steroid dienone is 1. The predicted octanol–water partition coefficient (Wildman–Crippen LogP) is 0.0976. The highest BCUT2D eigenvalue weighted by Gasteiger charge is 2.01. The van der Waals surface area contributed by atoms with E-state index in [9.17, 15) is 4.79 Å². The first kappa shape index (κ1) is 19.1. The maximum atomic E-state index is 10.4. The maximum Gasteiger partial charge on any atom is 0.144 e. The summed E-state index contributed by atoms with van der Waals surface area (Å²) in [6, 6.07) is 0. The molecule has 7 heteroatoms. The van der Waals surface area contributed by atoms with Crippen LogP contribution in [0, 0.1) is 0 Å². The van der Waals surface area contributed by atoms with Crippen molar-refractivity contribution >= 4 is 6.29 Å². The molecule has 0 N–H and O–H groups in total. The first-order valence-electron chi connectivity index (χ1n) is 7.68. The fourth-order valence-corrected chi connectivity index (χ4v) is 1.76. The monoisotopic (exact) mass is 317 g/mol. The summed E-state index contributed by atoms with van der Waals surface area (Å²) in [4.78, 5) is 12.4. The molecule has 0 aromatic rings. The molecule has 0 radical (unpaired) electrons. The largest absolute Gasteiger partial charge is 0.377 e. The third-order valence-corrected chi connectivity index (χ3v) is 2.91. The molecule has 0 unspecified atom stereocenters. The average Bonchev–Trinajstić information content (AvgIpc) is 2.53. The zero-order chi connectivity index (χ0) is 15.7. The lowest BCUT2D eigenvalue weighted by atomic mass is 10.5. The second kappa shape index (κ2) is 14.9. The van der Waals surface area contributed by atoms with Gasteiger partial charge in [-0.2, -0.15) is 0 Å². The van der Waals surface area contributed by atoms with E-state index < -0.39 is 0 Å². The molecule has 0 saturated carbocycles. The predicted molar refractivity (Wildman–Crippen MR) is 80.9 cm³/mol. The number of nitrogens with zero attached hydrogens (tertiary/aromatic N) is 1. The molecule has 128 valence electrons. The Hall–Kier alpha value is -0.990. The number of hydrogen-bond donors (Lipinski definition) is 0. The van der Waals surface area contributed by atoms with Crippen LogP contribution in [0.1, 0.15) is 0 Å². The zero-order valence-corrected chi connectivity index (χ0v) is 13.1. The highest BCUT2D eigenvalue weighted by molar-refractivity contribution is 5.64. The molecule has 1 saturated heterocycles. The van der Waals surface area contributed by atoms with Crippen molar-refractivity contribution in [2.24, 2.45) is 0 Å². The molecule has 0 aliphatic carbocycles. The molecule has 1 heterocycles. The molecule has 0 aromatic heterocycles. The van der Waals surface area contributed by atoms with E-state index in [4.69, 9.17) is 23.7 Å². The quantitative estimate of drug-likeness (QED) is 0.528. The SMILES string of the molecule is O=CC=CN1CCOCCOCCOCCOCCOCC1. The van der Waals surface area contributed by atoms with Crippen molar-refractivity contribution in [1.29, 1.82) is 0 Å². The van der Waals surface area contributed by atoms with Gasteiger partial charge in [0, 0.05) is 19.3 Å². The summed E-state index contributed by atoms with van der Waals surface area (Å²) in [6.45, 7) is 6.98. The third-order valence-electron chi connectivity index (χ3n) is 2.91. The highest BCUT2D eigenvalue weighted by atomic mass is 16.6. The minimum Gasteiger partial charge on any atom is -0.377 e. The van der Waals surface area contributed by atoms with E-state index in [0.717, 1.165) is 6.29 Å². The minimum atomic E-state index is 0.546. The van der Waals surface area contributed by atoms with Crippen molar-refractivity contribution in [3.63, 3.8) is 0 Å². The van der Waals surface area contributed by atoms with Crippen LogP contribution in [0.15, 0.2) is 12.3 Å². The summed E-state index contributed by atoms with van der Waals surface area (Å²) < 4.78 is 27.1. The Bertz CT molecular complexity index is 269. The van der Waals surface area contributed by atoms with E-state index in [1.165, 1.54) is 6.08 Å². The molecule has 1 rings (SSSR count). The topological polar surface area (TPSA) is 66.5 Å². The van der Waals surface area contributed by atoms with Gasteiger partial charge in [-0.3, -0.25) is 4.79 Å². The molecule has 0 spiro atoms. The van der Waals surface area contributed by atoms with Gasteiger partial charge in [0.05, 0.1) is 66.1 Å². The molecule has 1 aliphatic heterocycles. The van der Waals surface area contributed by atoms with Crippen LogP contribution in [0.5, 0.6) is 0 Å². The highest BCUT2D eigenvalue weighted by Crippen LogP contribution is 1.92. The number of aldehydes is 1. The molecule has 7 nitrogen and oxygen atoms in total. The molecule has 1 fully saturated rings. The fourth-order valence-electron chi connectivity index (χ4n) is 1.76. The molecule has 0 amide bonds. The van der Waals surface area contributed by atoms with Crippen molar-refractivity contribution in [3.8, 4) is 0 Å². The number of rotatable bonds is 2. The van der Waals surface area contributed by atoms with E-state index in [0.29, 0.717) is 79.2 Å². The minimum absolute atomic E-state index is 0.546. The second-order valence-corrected chi connectivity index (χ2v) is 4.58. The molecule has 0 bridgehead atoms. The van der Waals surface area contributed by atoms with Crippen molar-refractivity contribution in [1.82, 2.24) is 4.90 Å². The van der Waals surface area contributed by atoms with Crippen molar-refractivity contribution in [2.45, 2.75) is 0 Å². The smallest absolute Gasteiger partial charge is 0.144 e. The van der Waals surface area contributed by atoms with Gasteiger partial charge in [-0.1, -0.05) is 0 Å². The summed E-state index contributed by atoms with van der Waals surface area (Å²) in [7, 11) is 0. The number of carbonyl (C=O) groups excluding carboxylic acids is 1. The van der Waals surface area contributed by atoms with Gasteiger partial charge in [0.2, 0.25) is 0 Å². The Labute approximate surface area is 132 Å². The van der Waals surface area contributed by atoms with Crippen LogP contribution < -0.4 is 0 Å². The molecular weight excluding hydrogens is 290 g/mol. The molecule has 22 heavy (non-hydrogen) atoms. The van der Waals surface area contributed by atoms with Crippen molar-refractivity contribution in [2.75, 3.05) is 79.2 Å². The summed E-state index contributed by atoms with van der Waals surface area (Å²) in [5.74, 6) is 0. The lowest BCUT2D eigenvalue weighted by Gasteiger charge is -2.20. The summed E-state index contributed by atoms with van der Waals surface area (Å²) in [5, 5.41) is 0. The summed E-state index contributed by atoms with van der Waals surface area (Å²) in [6.07, 6.45) is 3.98. The number of carbonyl (C=O) groups is 1. The van der Waals surface area contributed by atoms with Gasteiger partial charge in [0.15, 0.2) is 0 Å². The van der Waals surface area contributed by atoms with E-state index >= 15 is 0 Å². The van der Waals surface area contributed by atoms with E-state index in [1.807, 2.05) is 4.90 Å². The fraction of sp³-hybridized carbons (Fsp3) is 0.800. The van der Waals surface area contributed by atoms with Gasteiger partial charge in [-0.25, -0.2) is 0 Å². The van der Waals surface area contributed by atoms with Crippen LogP contribution in [0.2, 0.25) is 0 Å². The average molecular weight is 317 g/mol. The summed E-state index contributed by atoms with van der Waals surface area (Å²) >= 11 is 0. The molecule has 1 aliphatic rings. The number of hydrogen-bond acceptors (Lipinski definition) is 7. The van der Waals surface area contributed by atoms with Crippen molar-refractivity contribution < 1.29 is 28.5 Å². The van der Waals surface area contributed by atoms with Crippen LogP contribution in [0.3, 0.4) is 0 Å². The standard InChI is InChI=1S/C15H27NO6/c17-5-1-2-16-3-6-18-8-10-20-12-14-22-15-13-21-11-9-19-7-4-16/h1-2,5H,3-4,6-15H2.